The zero-order valence-electron chi connectivity index (χ0n) is 9.16. The first-order valence-corrected chi connectivity index (χ1v) is 6.13. The van der Waals surface area contributed by atoms with Crippen LogP contribution in [0.1, 0.15) is 17.4 Å². The molecular formula is C12H12INO2. The van der Waals surface area contributed by atoms with Gasteiger partial charge in [-0.2, -0.15) is 0 Å². The SMILES string of the molecule is CCOC(=O)c1cc2cc(I)ccc2n1C. The van der Waals surface area contributed by atoms with Gasteiger partial charge in [-0.05, 0) is 53.8 Å². The van der Waals surface area contributed by atoms with E-state index in [9.17, 15) is 4.79 Å². The van der Waals surface area contributed by atoms with E-state index >= 15 is 0 Å². The zero-order chi connectivity index (χ0) is 11.7. The van der Waals surface area contributed by atoms with E-state index in [1.165, 1.54) is 0 Å². The van der Waals surface area contributed by atoms with Gasteiger partial charge in [0.05, 0.1) is 6.61 Å². The van der Waals surface area contributed by atoms with Crippen molar-refractivity contribution < 1.29 is 9.53 Å². The minimum atomic E-state index is -0.267. The number of carbonyl (C=O) groups excluding carboxylic acids is 1. The molecular weight excluding hydrogens is 317 g/mol. The van der Waals surface area contributed by atoms with Crippen LogP contribution < -0.4 is 0 Å². The van der Waals surface area contributed by atoms with Crippen LogP contribution in [-0.4, -0.2) is 17.1 Å². The fourth-order valence-electron chi connectivity index (χ4n) is 1.72. The quantitative estimate of drug-likeness (QED) is 0.627. The molecule has 0 saturated heterocycles. The summed E-state index contributed by atoms with van der Waals surface area (Å²) in [4.78, 5) is 11.7. The van der Waals surface area contributed by atoms with Crippen LogP contribution in [-0.2, 0) is 11.8 Å². The van der Waals surface area contributed by atoms with Crippen molar-refractivity contribution in [3.05, 3.63) is 33.5 Å². The van der Waals surface area contributed by atoms with Crippen molar-refractivity contribution in [2.75, 3.05) is 6.61 Å². The number of ether oxygens (including phenoxy) is 1. The van der Waals surface area contributed by atoms with Crippen LogP contribution in [0, 0.1) is 3.57 Å². The standard InChI is InChI=1S/C12H12INO2/c1-3-16-12(15)11-7-8-6-9(13)4-5-10(8)14(11)2/h4-7H,3H2,1-2H3. The molecule has 1 aromatic heterocycles. The van der Waals surface area contributed by atoms with E-state index in [2.05, 4.69) is 28.7 Å². The van der Waals surface area contributed by atoms with Gasteiger partial charge in [-0.3, -0.25) is 0 Å². The van der Waals surface area contributed by atoms with Crippen molar-refractivity contribution in [1.82, 2.24) is 4.57 Å². The van der Waals surface area contributed by atoms with E-state index in [1.54, 1.807) is 0 Å². The van der Waals surface area contributed by atoms with E-state index in [4.69, 9.17) is 4.74 Å². The molecule has 2 aromatic rings. The van der Waals surface area contributed by atoms with Crippen LogP contribution in [0.25, 0.3) is 10.9 Å². The number of carbonyl (C=O) groups is 1. The Kier molecular flexibility index (Phi) is 3.18. The second-order valence-electron chi connectivity index (χ2n) is 3.51. The molecule has 4 heteroatoms. The molecule has 0 atom stereocenters. The number of hydrogen-bond acceptors (Lipinski definition) is 2. The van der Waals surface area contributed by atoms with Gasteiger partial charge in [-0.1, -0.05) is 0 Å². The van der Waals surface area contributed by atoms with Crippen molar-refractivity contribution in [3.63, 3.8) is 0 Å². The highest BCUT2D eigenvalue weighted by atomic mass is 127. The molecule has 1 heterocycles. The third-order valence-electron chi connectivity index (χ3n) is 2.49. The van der Waals surface area contributed by atoms with E-state index in [0.29, 0.717) is 12.3 Å². The van der Waals surface area contributed by atoms with Crippen molar-refractivity contribution in [1.29, 1.82) is 0 Å². The summed E-state index contributed by atoms with van der Waals surface area (Å²) < 4.78 is 8.03. The topological polar surface area (TPSA) is 31.2 Å². The lowest BCUT2D eigenvalue weighted by atomic mass is 10.2. The molecule has 0 radical (unpaired) electrons. The second-order valence-corrected chi connectivity index (χ2v) is 4.76. The molecule has 16 heavy (non-hydrogen) atoms. The fourth-order valence-corrected chi connectivity index (χ4v) is 2.24. The lowest BCUT2D eigenvalue weighted by Crippen LogP contribution is -2.09. The minimum Gasteiger partial charge on any atom is -0.461 e. The van der Waals surface area contributed by atoms with Gasteiger partial charge in [0.1, 0.15) is 5.69 Å². The van der Waals surface area contributed by atoms with Crippen LogP contribution in [0.5, 0.6) is 0 Å². The summed E-state index contributed by atoms with van der Waals surface area (Å²) in [5, 5.41) is 1.07. The lowest BCUT2D eigenvalue weighted by molar-refractivity contribution is 0.0516. The number of esters is 1. The number of rotatable bonds is 2. The third kappa shape index (κ3) is 1.93. The molecule has 0 unspecified atom stereocenters. The van der Waals surface area contributed by atoms with Gasteiger partial charge in [-0.15, -0.1) is 0 Å². The van der Waals surface area contributed by atoms with E-state index in [1.807, 2.05) is 36.7 Å². The number of fused-ring (bicyclic) bond motifs is 1. The maximum atomic E-state index is 11.7. The van der Waals surface area contributed by atoms with Gasteiger partial charge in [0.25, 0.3) is 0 Å². The molecule has 3 nitrogen and oxygen atoms in total. The highest BCUT2D eigenvalue weighted by Crippen LogP contribution is 2.21. The average molecular weight is 329 g/mol. The first-order chi connectivity index (χ1) is 7.63. The van der Waals surface area contributed by atoms with E-state index < -0.39 is 0 Å². The fraction of sp³-hybridized carbons (Fsp3) is 0.250. The monoisotopic (exact) mass is 329 g/mol. The Morgan fingerprint density at radius 2 is 2.19 bits per heavy atom. The summed E-state index contributed by atoms with van der Waals surface area (Å²) >= 11 is 2.26. The lowest BCUT2D eigenvalue weighted by Gasteiger charge is -2.03. The van der Waals surface area contributed by atoms with Crippen molar-refractivity contribution in [3.8, 4) is 0 Å². The summed E-state index contributed by atoms with van der Waals surface area (Å²) in [6.07, 6.45) is 0. The molecule has 0 amide bonds. The number of hydrogen-bond donors (Lipinski definition) is 0. The first kappa shape index (κ1) is 11.4. The van der Waals surface area contributed by atoms with Crippen molar-refractivity contribution >= 4 is 39.5 Å². The third-order valence-corrected chi connectivity index (χ3v) is 3.16. The van der Waals surface area contributed by atoms with Crippen LogP contribution in [0.4, 0.5) is 0 Å². The molecule has 0 saturated carbocycles. The van der Waals surface area contributed by atoms with Crippen LogP contribution in [0.3, 0.4) is 0 Å². The number of aryl methyl sites for hydroxylation is 1. The highest BCUT2D eigenvalue weighted by molar-refractivity contribution is 14.1. The van der Waals surface area contributed by atoms with E-state index in [-0.39, 0.29) is 5.97 Å². The maximum absolute atomic E-state index is 11.7. The summed E-state index contributed by atoms with van der Waals surface area (Å²) in [5.41, 5.74) is 1.64. The Bertz CT molecular complexity index is 545. The number of halogens is 1. The van der Waals surface area contributed by atoms with Gasteiger partial charge in [-0.25, -0.2) is 4.79 Å². The summed E-state index contributed by atoms with van der Waals surface area (Å²) in [7, 11) is 1.88. The molecule has 1 aromatic carbocycles. The Balaban J connectivity index is 2.55. The van der Waals surface area contributed by atoms with Gasteiger partial charge >= 0.3 is 5.97 Å². The first-order valence-electron chi connectivity index (χ1n) is 5.05. The predicted molar refractivity (Wildman–Crippen MR) is 71.6 cm³/mol. The molecule has 0 aliphatic rings. The molecule has 0 aliphatic carbocycles. The van der Waals surface area contributed by atoms with Crippen molar-refractivity contribution in [2.45, 2.75) is 6.92 Å². The van der Waals surface area contributed by atoms with Crippen LogP contribution in [0.15, 0.2) is 24.3 Å². The molecule has 2 rings (SSSR count). The Labute approximate surface area is 108 Å². The van der Waals surface area contributed by atoms with Gasteiger partial charge in [0.2, 0.25) is 0 Å². The summed E-state index contributed by atoms with van der Waals surface area (Å²) in [6, 6.07) is 7.96. The van der Waals surface area contributed by atoms with Gasteiger partial charge in [0.15, 0.2) is 0 Å². The van der Waals surface area contributed by atoms with Crippen LogP contribution >= 0.6 is 22.6 Å². The maximum Gasteiger partial charge on any atom is 0.354 e. The molecule has 0 bridgehead atoms. The highest BCUT2D eigenvalue weighted by Gasteiger charge is 2.13. The molecule has 0 fully saturated rings. The Morgan fingerprint density at radius 1 is 1.44 bits per heavy atom. The molecule has 84 valence electrons. The van der Waals surface area contributed by atoms with Crippen molar-refractivity contribution in [2.24, 2.45) is 7.05 Å². The van der Waals surface area contributed by atoms with Gasteiger partial charge < -0.3 is 9.30 Å². The number of nitrogens with zero attached hydrogens (tertiary/aromatic N) is 1. The summed E-state index contributed by atoms with van der Waals surface area (Å²) in [6.45, 7) is 2.21. The smallest absolute Gasteiger partial charge is 0.354 e. The van der Waals surface area contributed by atoms with E-state index in [0.717, 1.165) is 14.5 Å². The largest absolute Gasteiger partial charge is 0.461 e. The van der Waals surface area contributed by atoms with Crippen LogP contribution in [0.2, 0.25) is 0 Å². The molecule has 0 aliphatic heterocycles. The molecule has 0 N–H and O–H groups in total. The zero-order valence-corrected chi connectivity index (χ0v) is 11.3. The minimum absolute atomic E-state index is 0.267. The second kappa shape index (κ2) is 4.45. The normalized spacial score (nSPS) is 10.7. The Hall–Kier alpha value is -1.04. The average Bonchev–Trinajstić information content (AvgIpc) is 2.56. The predicted octanol–water partition coefficient (Wildman–Crippen LogP) is 2.96. The van der Waals surface area contributed by atoms with Gasteiger partial charge in [0, 0.05) is 21.5 Å². The summed E-state index contributed by atoms with van der Waals surface area (Å²) in [5.74, 6) is -0.267. The number of benzene rings is 1. The Morgan fingerprint density at radius 3 is 2.88 bits per heavy atom. The number of aromatic nitrogens is 1. The molecule has 0 spiro atoms.